The van der Waals surface area contributed by atoms with Gasteiger partial charge in [0, 0.05) is 18.9 Å². The van der Waals surface area contributed by atoms with E-state index in [0.717, 1.165) is 6.42 Å². The van der Waals surface area contributed by atoms with Gasteiger partial charge in [0.15, 0.2) is 11.6 Å². The summed E-state index contributed by atoms with van der Waals surface area (Å²) in [6, 6.07) is 10.0. The number of ether oxygens (including phenoxy) is 1. The molecule has 1 unspecified atom stereocenters. The highest BCUT2D eigenvalue weighted by atomic mass is 19.1. The lowest BCUT2D eigenvalue weighted by atomic mass is 10.1. The highest BCUT2D eigenvalue weighted by molar-refractivity contribution is 5.69. The van der Waals surface area contributed by atoms with Crippen molar-refractivity contribution in [3.63, 3.8) is 0 Å². The van der Waals surface area contributed by atoms with Crippen molar-refractivity contribution in [2.75, 3.05) is 0 Å². The molecule has 0 saturated carbocycles. The summed E-state index contributed by atoms with van der Waals surface area (Å²) in [5, 5.41) is 8.38. The molecule has 1 aromatic carbocycles. The Morgan fingerprint density at radius 1 is 1.30 bits per heavy atom. The summed E-state index contributed by atoms with van der Waals surface area (Å²) in [5.74, 6) is -2.95. The molecule has 0 aliphatic rings. The van der Waals surface area contributed by atoms with Crippen LogP contribution in [0.15, 0.2) is 67.0 Å². The summed E-state index contributed by atoms with van der Waals surface area (Å²) in [5.41, 5.74) is 1.20. The second-order valence-electron chi connectivity index (χ2n) is 4.73. The predicted octanol–water partition coefficient (Wildman–Crippen LogP) is 4.97. The highest BCUT2D eigenvalue weighted by Crippen LogP contribution is 2.08. The number of hydrogen-bond donors (Lipinski definition) is 1. The number of hydrogen-bond acceptors (Lipinski definition) is 3. The van der Waals surface area contributed by atoms with Gasteiger partial charge in [-0.1, -0.05) is 50.4 Å². The second kappa shape index (κ2) is 11.2. The average Bonchev–Trinajstić information content (AvgIpc) is 2.47. The van der Waals surface area contributed by atoms with Gasteiger partial charge in [0.2, 0.25) is 0 Å². The zero-order valence-corrected chi connectivity index (χ0v) is 13.4. The Balaban J connectivity index is 0.000000468. The normalized spacial score (nSPS) is 11.7. The molecule has 0 fully saturated rings. The van der Waals surface area contributed by atoms with Gasteiger partial charge in [0.1, 0.15) is 11.9 Å². The van der Waals surface area contributed by atoms with E-state index < -0.39 is 17.4 Å². The lowest BCUT2D eigenvalue weighted by Gasteiger charge is -2.12. The third-order valence-corrected chi connectivity index (χ3v) is 2.56. The fraction of sp³-hybridized carbons (Fsp3) is 0.278. The minimum Gasteiger partial charge on any atom is -0.505 e. The fourth-order valence-electron chi connectivity index (χ4n) is 1.52. The lowest BCUT2D eigenvalue weighted by Crippen LogP contribution is -2.16. The van der Waals surface area contributed by atoms with Crippen molar-refractivity contribution in [2.45, 2.75) is 32.8 Å². The van der Waals surface area contributed by atoms with Crippen LogP contribution in [0, 0.1) is 0 Å². The second-order valence-corrected chi connectivity index (χ2v) is 4.73. The van der Waals surface area contributed by atoms with Crippen molar-refractivity contribution in [2.24, 2.45) is 0 Å². The van der Waals surface area contributed by atoms with E-state index in [4.69, 9.17) is 9.84 Å². The molecular formula is C18H22F2O3. The van der Waals surface area contributed by atoms with E-state index in [0.29, 0.717) is 12.5 Å². The fourth-order valence-corrected chi connectivity index (χ4v) is 1.52. The Kier molecular flexibility index (Phi) is 10.00. The first-order chi connectivity index (χ1) is 10.8. The van der Waals surface area contributed by atoms with Crippen molar-refractivity contribution in [1.82, 2.24) is 0 Å². The van der Waals surface area contributed by atoms with Crippen LogP contribution in [0.25, 0.3) is 0 Å². The van der Waals surface area contributed by atoms with Crippen molar-refractivity contribution in [3.05, 3.63) is 72.5 Å². The predicted molar refractivity (Wildman–Crippen MR) is 87.2 cm³/mol. The Labute approximate surface area is 135 Å². The number of aliphatic hydroxyl groups excluding tert-OH is 1. The Morgan fingerprint density at radius 2 is 1.87 bits per heavy atom. The minimum absolute atomic E-state index is 0.0372. The number of carbonyl (C=O) groups is 1. The molecule has 0 aliphatic carbocycles. The van der Waals surface area contributed by atoms with Crippen molar-refractivity contribution in [3.8, 4) is 0 Å². The van der Waals surface area contributed by atoms with Gasteiger partial charge in [-0.15, -0.1) is 0 Å². The van der Waals surface area contributed by atoms with E-state index in [1.54, 1.807) is 6.92 Å². The summed E-state index contributed by atoms with van der Waals surface area (Å²) >= 11 is 0. The third kappa shape index (κ3) is 10.9. The minimum atomic E-state index is -1.08. The van der Waals surface area contributed by atoms with E-state index >= 15 is 0 Å². The van der Waals surface area contributed by atoms with Gasteiger partial charge < -0.3 is 9.84 Å². The zero-order valence-electron chi connectivity index (χ0n) is 13.4. The number of benzene rings is 1. The van der Waals surface area contributed by atoms with E-state index in [2.05, 4.69) is 13.2 Å². The van der Waals surface area contributed by atoms with Crippen molar-refractivity contribution < 1.29 is 23.4 Å². The van der Waals surface area contributed by atoms with E-state index in [-0.39, 0.29) is 12.1 Å². The van der Waals surface area contributed by atoms with Gasteiger partial charge in [-0.25, -0.2) is 8.78 Å². The maximum atomic E-state index is 11.7. The number of rotatable bonds is 6. The number of halogens is 2. The Hall–Kier alpha value is -2.43. The largest absolute Gasteiger partial charge is 0.505 e. The van der Waals surface area contributed by atoms with Gasteiger partial charge >= 0.3 is 5.97 Å². The summed E-state index contributed by atoms with van der Waals surface area (Å²) in [7, 11) is 0. The first kappa shape index (κ1) is 20.6. The molecule has 0 bridgehead atoms. The summed E-state index contributed by atoms with van der Waals surface area (Å²) in [6.45, 7) is 9.20. The topological polar surface area (TPSA) is 46.5 Å². The number of esters is 1. The molecule has 0 heterocycles. The van der Waals surface area contributed by atoms with Crippen LogP contribution in [0.4, 0.5) is 8.78 Å². The van der Waals surface area contributed by atoms with E-state index in [1.165, 1.54) is 5.56 Å². The number of carbonyl (C=O) groups excluding carboxylic acids is 1. The maximum Gasteiger partial charge on any atom is 0.305 e. The molecule has 0 saturated heterocycles. The molecule has 5 heteroatoms. The van der Waals surface area contributed by atoms with Crippen LogP contribution in [0.3, 0.4) is 0 Å². The quantitative estimate of drug-likeness (QED) is 0.457. The molecule has 1 aromatic rings. The lowest BCUT2D eigenvalue weighted by molar-refractivity contribution is -0.147. The number of allylic oxidation sites excluding steroid dienone is 3. The third-order valence-electron chi connectivity index (χ3n) is 2.56. The zero-order chi connectivity index (χ0) is 17.8. The van der Waals surface area contributed by atoms with Crippen molar-refractivity contribution >= 4 is 5.97 Å². The molecule has 3 nitrogen and oxygen atoms in total. The van der Waals surface area contributed by atoms with Crippen LogP contribution in [-0.2, 0) is 16.0 Å². The molecule has 126 valence electrons. The van der Waals surface area contributed by atoms with Crippen LogP contribution in [0.1, 0.15) is 25.8 Å². The molecule has 0 amide bonds. The molecule has 0 radical (unpaired) electrons. The Morgan fingerprint density at radius 3 is 2.26 bits per heavy atom. The SMILES string of the molecule is C=C(F)/C=C(/O)C(=C)F.CCC(=O)OC(C)Cc1ccccc1. The van der Waals surface area contributed by atoms with Crippen molar-refractivity contribution in [1.29, 1.82) is 0 Å². The summed E-state index contributed by atoms with van der Waals surface area (Å²) < 4.78 is 28.6. The first-order valence-electron chi connectivity index (χ1n) is 7.09. The Bertz CT molecular complexity index is 551. The van der Waals surface area contributed by atoms with Crippen LogP contribution in [0.5, 0.6) is 0 Å². The summed E-state index contributed by atoms with van der Waals surface area (Å²) in [4.78, 5) is 11.0. The van der Waals surface area contributed by atoms with Gasteiger partial charge in [-0.3, -0.25) is 4.79 Å². The maximum absolute atomic E-state index is 11.7. The van der Waals surface area contributed by atoms with Crippen LogP contribution in [0.2, 0.25) is 0 Å². The summed E-state index contributed by atoms with van der Waals surface area (Å²) in [6.07, 6.45) is 1.73. The van der Waals surface area contributed by atoms with Crippen LogP contribution in [-0.4, -0.2) is 17.2 Å². The highest BCUT2D eigenvalue weighted by Gasteiger charge is 2.07. The van der Waals surface area contributed by atoms with E-state index in [9.17, 15) is 13.6 Å². The monoisotopic (exact) mass is 324 g/mol. The molecule has 1 atom stereocenters. The van der Waals surface area contributed by atoms with E-state index in [1.807, 2.05) is 37.3 Å². The molecule has 0 spiro atoms. The van der Waals surface area contributed by atoms with Gasteiger partial charge in [0.25, 0.3) is 0 Å². The molecule has 0 aliphatic heterocycles. The molecule has 0 aromatic heterocycles. The van der Waals surface area contributed by atoms with Crippen LogP contribution < -0.4 is 0 Å². The van der Waals surface area contributed by atoms with Gasteiger partial charge in [0.05, 0.1) is 0 Å². The van der Waals surface area contributed by atoms with Gasteiger partial charge in [-0.05, 0) is 12.5 Å². The number of aliphatic hydroxyl groups is 1. The first-order valence-corrected chi connectivity index (χ1v) is 7.09. The average molecular weight is 324 g/mol. The molecular weight excluding hydrogens is 302 g/mol. The molecule has 1 rings (SSSR count). The molecule has 23 heavy (non-hydrogen) atoms. The standard InChI is InChI=1S/C12H16O2.C6H6F2O/c1-3-12(13)14-10(2)9-11-7-5-4-6-8-11;1-4(7)3-6(9)5(2)8/h4-8,10H,3,9H2,1-2H3;3,9H,1-2H2/b;6-3+. The van der Waals surface area contributed by atoms with Crippen LogP contribution >= 0.6 is 0 Å². The van der Waals surface area contributed by atoms with Gasteiger partial charge in [-0.2, -0.15) is 0 Å². The molecule has 1 N–H and O–H groups in total. The smallest absolute Gasteiger partial charge is 0.305 e.